The molecule has 2 N–H and O–H groups in total. The Kier molecular flexibility index (Phi) is 3.93. The molecule has 3 heteroatoms. The van der Waals surface area contributed by atoms with Crippen LogP contribution in [0.15, 0.2) is 24.3 Å². The second-order valence-corrected chi connectivity index (χ2v) is 3.56. The van der Waals surface area contributed by atoms with Crippen molar-refractivity contribution >= 4 is 12.4 Å². The van der Waals surface area contributed by atoms with E-state index in [0.29, 0.717) is 0 Å². The molecule has 0 aromatic heterocycles. The number of nitrogens with two attached hydrogens (primary N) is 1. The quantitative estimate of drug-likeness (QED) is 0.775. The summed E-state index contributed by atoms with van der Waals surface area (Å²) < 4.78 is 5.40. The monoisotopic (exact) mass is 213 g/mol. The number of hydrogen-bond donors (Lipinski definition) is 1. The lowest BCUT2D eigenvalue weighted by Gasteiger charge is -2.29. The number of methoxy groups -OCH3 is 1. The van der Waals surface area contributed by atoms with Crippen LogP contribution in [0.3, 0.4) is 0 Å². The Morgan fingerprint density at radius 2 is 2.07 bits per heavy atom. The minimum atomic E-state index is 0. The predicted octanol–water partition coefficient (Wildman–Crippen LogP) is 2.07. The van der Waals surface area contributed by atoms with Gasteiger partial charge >= 0.3 is 0 Å². The number of halogens is 1. The number of benzene rings is 1. The van der Waals surface area contributed by atoms with Gasteiger partial charge < -0.3 is 10.5 Å². The molecule has 1 aromatic rings. The van der Waals surface area contributed by atoms with E-state index in [2.05, 4.69) is 18.2 Å². The number of aryl methyl sites for hydroxylation is 1. The highest BCUT2D eigenvalue weighted by molar-refractivity contribution is 5.85. The average molecular weight is 214 g/mol. The molecule has 2 unspecified atom stereocenters. The molecule has 2 nitrogen and oxygen atoms in total. The van der Waals surface area contributed by atoms with Crippen molar-refractivity contribution in [1.29, 1.82) is 0 Å². The van der Waals surface area contributed by atoms with Crippen molar-refractivity contribution in [2.75, 3.05) is 7.11 Å². The van der Waals surface area contributed by atoms with E-state index < -0.39 is 0 Å². The standard InChI is InChI=1S/C11H15NO.ClH/c1-13-11-9-5-3-2-4-8(9)6-7-10(11)12;/h2-5,10-11H,6-7,12H2,1H3;1H. The van der Waals surface area contributed by atoms with E-state index >= 15 is 0 Å². The van der Waals surface area contributed by atoms with E-state index in [1.54, 1.807) is 7.11 Å². The summed E-state index contributed by atoms with van der Waals surface area (Å²) >= 11 is 0. The van der Waals surface area contributed by atoms with Crippen LogP contribution in [0.1, 0.15) is 23.7 Å². The first kappa shape index (κ1) is 11.5. The van der Waals surface area contributed by atoms with Crippen LogP contribution >= 0.6 is 12.4 Å². The van der Waals surface area contributed by atoms with Gasteiger partial charge in [0, 0.05) is 13.2 Å². The molecule has 2 atom stereocenters. The molecule has 1 aromatic carbocycles. The molecule has 78 valence electrons. The Bertz CT molecular complexity index is 303. The summed E-state index contributed by atoms with van der Waals surface area (Å²) in [7, 11) is 1.73. The fourth-order valence-corrected chi connectivity index (χ4v) is 2.05. The summed E-state index contributed by atoms with van der Waals surface area (Å²) in [4.78, 5) is 0. The largest absolute Gasteiger partial charge is 0.375 e. The molecule has 0 heterocycles. The van der Waals surface area contributed by atoms with Crippen molar-refractivity contribution in [3.63, 3.8) is 0 Å². The first-order chi connectivity index (χ1) is 6.33. The highest BCUT2D eigenvalue weighted by Gasteiger charge is 2.25. The zero-order chi connectivity index (χ0) is 9.26. The fraction of sp³-hybridized carbons (Fsp3) is 0.455. The van der Waals surface area contributed by atoms with Gasteiger partial charge in [0.15, 0.2) is 0 Å². The maximum atomic E-state index is 5.98. The maximum Gasteiger partial charge on any atom is 0.0974 e. The summed E-state index contributed by atoms with van der Waals surface area (Å²) in [5.41, 5.74) is 8.63. The van der Waals surface area contributed by atoms with Crippen LogP contribution in [-0.4, -0.2) is 13.2 Å². The van der Waals surface area contributed by atoms with Gasteiger partial charge in [-0.25, -0.2) is 0 Å². The van der Waals surface area contributed by atoms with E-state index in [-0.39, 0.29) is 24.6 Å². The molecule has 0 amide bonds. The number of hydrogen-bond acceptors (Lipinski definition) is 2. The smallest absolute Gasteiger partial charge is 0.0974 e. The van der Waals surface area contributed by atoms with E-state index in [1.807, 2.05) is 6.07 Å². The van der Waals surface area contributed by atoms with Crippen molar-refractivity contribution in [2.45, 2.75) is 25.0 Å². The van der Waals surface area contributed by atoms with Crippen molar-refractivity contribution in [3.05, 3.63) is 35.4 Å². The van der Waals surface area contributed by atoms with Gasteiger partial charge in [0.1, 0.15) is 0 Å². The summed E-state index contributed by atoms with van der Waals surface area (Å²) in [6.45, 7) is 0. The summed E-state index contributed by atoms with van der Waals surface area (Å²) in [5, 5.41) is 0. The Labute approximate surface area is 90.9 Å². The van der Waals surface area contributed by atoms with Gasteiger partial charge in [-0.15, -0.1) is 12.4 Å². The molecule has 1 aliphatic carbocycles. The molecule has 2 rings (SSSR count). The van der Waals surface area contributed by atoms with Crippen molar-refractivity contribution in [1.82, 2.24) is 0 Å². The Hall–Kier alpha value is -0.570. The molecule has 0 saturated heterocycles. The molecule has 0 bridgehead atoms. The molecule has 0 fully saturated rings. The van der Waals surface area contributed by atoms with E-state index in [4.69, 9.17) is 10.5 Å². The van der Waals surface area contributed by atoms with E-state index in [0.717, 1.165) is 12.8 Å². The molecule has 0 radical (unpaired) electrons. The van der Waals surface area contributed by atoms with Gasteiger partial charge in [0.05, 0.1) is 6.10 Å². The molecule has 0 saturated carbocycles. The van der Waals surface area contributed by atoms with Gasteiger partial charge in [-0.1, -0.05) is 24.3 Å². The molecule has 1 aliphatic rings. The minimum Gasteiger partial charge on any atom is -0.375 e. The highest BCUT2D eigenvalue weighted by atomic mass is 35.5. The third kappa shape index (κ3) is 1.92. The van der Waals surface area contributed by atoms with Gasteiger partial charge in [-0.05, 0) is 24.0 Å². The van der Waals surface area contributed by atoms with Crippen LogP contribution in [0, 0.1) is 0 Å². The number of ether oxygens (including phenoxy) is 1. The maximum absolute atomic E-state index is 5.98. The lowest BCUT2D eigenvalue weighted by molar-refractivity contribution is 0.0715. The van der Waals surface area contributed by atoms with Gasteiger partial charge in [0.25, 0.3) is 0 Å². The summed E-state index contributed by atoms with van der Waals surface area (Å²) in [6.07, 6.45) is 2.19. The second-order valence-electron chi connectivity index (χ2n) is 3.56. The van der Waals surface area contributed by atoms with Crippen LogP contribution in [0.2, 0.25) is 0 Å². The van der Waals surface area contributed by atoms with Crippen LogP contribution in [-0.2, 0) is 11.2 Å². The minimum absolute atomic E-state index is 0. The van der Waals surface area contributed by atoms with Gasteiger partial charge in [0.2, 0.25) is 0 Å². The summed E-state index contributed by atoms with van der Waals surface area (Å²) in [5.74, 6) is 0. The number of fused-ring (bicyclic) bond motifs is 1. The van der Waals surface area contributed by atoms with Crippen molar-refractivity contribution < 1.29 is 4.74 Å². The van der Waals surface area contributed by atoms with E-state index in [9.17, 15) is 0 Å². The lowest BCUT2D eigenvalue weighted by atomic mass is 9.86. The van der Waals surface area contributed by atoms with Crippen LogP contribution in [0.5, 0.6) is 0 Å². The van der Waals surface area contributed by atoms with Crippen LogP contribution in [0.25, 0.3) is 0 Å². The molecule has 0 spiro atoms. The predicted molar refractivity (Wildman–Crippen MR) is 59.7 cm³/mol. The normalized spacial score (nSPS) is 25.0. The van der Waals surface area contributed by atoms with Crippen LogP contribution < -0.4 is 5.73 Å². The first-order valence-corrected chi connectivity index (χ1v) is 4.69. The zero-order valence-corrected chi connectivity index (χ0v) is 9.09. The lowest BCUT2D eigenvalue weighted by Crippen LogP contribution is -2.34. The third-order valence-corrected chi connectivity index (χ3v) is 2.75. The summed E-state index contributed by atoms with van der Waals surface area (Å²) in [6, 6.07) is 8.54. The van der Waals surface area contributed by atoms with Crippen LogP contribution in [0.4, 0.5) is 0 Å². The number of rotatable bonds is 1. The van der Waals surface area contributed by atoms with Crippen molar-refractivity contribution in [3.8, 4) is 0 Å². The zero-order valence-electron chi connectivity index (χ0n) is 8.27. The molecular weight excluding hydrogens is 198 g/mol. The average Bonchev–Trinajstić information content (AvgIpc) is 2.18. The Balaban J connectivity index is 0.000000980. The van der Waals surface area contributed by atoms with E-state index in [1.165, 1.54) is 11.1 Å². The van der Waals surface area contributed by atoms with Gasteiger partial charge in [-0.3, -0.25) is 0 Å². The second kappa shape index (κ2) is 4.78. The fourth-order valence-electron chi connectivity index (χ4n) is 2.05. The van der Waals surface area contributed by atoms with Gasteiger partial charge in [-0.2, -0.15) is 0 Å². The van der Waals surface area contributed by atoms with Crippen molar-refractivity contribution in [2.24, 2.45) is 5.73 Å². The molecular formula is C11H16ClNO. The molecule has 0 aliphatic heterocycles. The Morgan fingerprint density at radius 3 is 2.79 bits per heavy atom. The topological polar surface area (TPSA) is 35.2 Å². The first-order valence-electron chi connectivity index (χ1n) is 4.69. The Morgan fingerprint density at radius 1 is 1.36 bits per heavy atom. The molecule has 14 heavy (non-hydrogen) atoms. The highest BCUT2D eigenvalue weighted by Crippen LogP contribution is 2.30. The third-order valence-electron chi connectivity index (χ3n) is 2.75. The SMILES string of the molecule is COC1c2ccccc2CCC1N.Cl.